The lowest BCUT2D eigenvalue weighted by atomic mass is 9.85. The summed E-state index contributed by atoms with van der Waals surface area (Å²) in [5, 5.41) is 0. The molecule has 2 nitrogen and oxygen atoms in total. The summed E-state index contributed by atoms with van der Waals surface area (Å²) >= 11 is 0. The van der Waals surface area contributed by atoms with Gasteiger partial charge in [-0.3, -0.25) is 4.90 Å². The van der Waals surface area contributed by atoms with Gasteiger partial charge < -0.3 is 5.73 Å². The predicted molar refractivity (Wildman–Crippen MR) is 68.2 cm³/mol. The van der Waals surface area contributed by atoms with Crippen molar-refractivity contribution in [2.24, 2.45) is 11.7 Å². The molecule has 0 radical (unpaired) electrons. The fourth-order valence-electron chi connectivity index (χ4n) is 2.46. The van der Waals surface area contributed by atoms with Gasteiger partial charge in [0.05, 0.1) is 0 Å². The quantitative estimate of drug-likeness (QED) is 0.822. The Balaban J connectivity index is 1.98. The average Bonchev–Trinajstić information content (AvgIpc) is 2.26. The Morgan fingerprint density at radius 2 is 2.00 bits per heavy atom. The molecule has 1 aromatic carbocycles. The van der Waals surface area contributed by atoms with Crippen molar-refractivity contribution in [3.05, 3.63) is 35.9 Å². The summed E-state index contributed by atoms with van der Waals surface area (Å²) in [5.74, 6) is 0.905. The molecule has 1 fully saturated rings. The maximum Gasteiger partial charge on any atom is 0.0467 e. The highest BCUT2D eigenvalue weighted by Crippen LogP contribution is 2.29. The van der Waals surface area contributed by atoms with Crippen molar-refractivity contribution in [2.75, 3.05) is 20.1 Å². The van der Waals surface area contributed by atoms with Crippen LogP contribution in [-0.4, -0.2) is 25.0 Å². The second kappa shape index (κ2) is 5.46. The van der Waals surface area contributed by atoms with Gasteiger partial charge in [-0.15, -0.1) is 0 Å². The molecule has 0 amide bonds. The van der Waals surface area contributed by atoms with E-state index in [1.54, 1.807) is 0 Å². The Labute approximate surface area is 98.4 Å². The molecule has 0 heterocycles. The molecule has 1 atom stereocenters. The fraction of sp³-hybridized carbons (Fsp3) is 0.571. The lowest BCUT2D eigenvalue weighted by molar-refractivity contribution is 0.165. The number of likely N-dealkylation sites (N-methyl/N-ethyl adjacent to an activating group) is 1. The van der Waals surface area contributed by atoms with E-state index < -0.39 is 0 Å². The molecule has 2 rings (SSSR count). The molecule has 1 aromatic rings. The van der Waals surface area contributed by atoms with Crippen LogP contribution in [0.5, 0.6) is 0 Å². The smallest absolute Gasteiger partial charge is 0.0467 e. The normalized spacial score (nSPS) is 18.4. The van der Waals surface area contributed by atoms with Crippen LogP contribution in [0.3, 0.4) is 0 Å². The number of benzene rings is 1. The van der Waals surface area contributed by atoms with Crippen molar-refractivity contribution in [1.82, 2.24) is 4.90 Å². The lowest BCUT2D eigenvalue weighted by Crippen LogP contribution is -2.36. The van der Waals surface area contributed by atoms with E-state index in [-0.39, 0.29) is 0 Å². The van der Waals surface area contributed by atoms with Crippen molar-refractivity contribution < 1.29 is 0 Å². The summed E-state index contributed by atoms with van der Waals surface area (Å²) in [6.07, 6.45) is 4.21. The Bertz CT molecular complexity index is 306. The molecule has 1 saturated carbocycles. The second-order valence-corrected chi connectivity index (χ2v) is 4.90. The Kier molecular flexibility index (Phi) is 3.97. The lowest BCUT2D eigenvalue weighted by Gasteiger charge is -2.34. The highest BCUT2D eigenvalue weighted by Gasteiger charge is 2.23. The minimum atomic E-state index is 0.377. The zero-order valence-electron chi connectivity index (χ0n) is 10.1. The van der Waals surface area contributed by atoms with E-state index in [1.165, 1.54) is 31.4 Å². The maximum atomic E-state index is 5.90. The molecule has 0 bridgehead atoms. The molecule has 1 aliphatic carbocycles. The Hall–Kier alpha value is -0.860. The minimum Gasteiger partial charge on any atom is -0.329 e. The van der Waals surface area contributed by atoms with Crippen molar-refractivity contribution in [3.63, 3.8) is 0 Å². The molecule has 0 saturated heterocycles. The van der Waals surface area contributed by atoms with Crippen LogP contribution >= 0.6 is 0 Å². The van der Waals surface area contributed by atoms with Gasteiger partial charge >= 0.3 is 0 Å². The van der Waals surface area contributed by atoms with E-state index in [4.69, 9.17) is 5.73 Å². The van der Waals surface area contributed by atoms with E-state index in [0.29, 0.717) is 12.6 Å². The first-order valence-electron chi connectivity index (χ1n) is 6.26. The molecule has 88 valence electrons. The average molecular weight is 218 g/mol. The molecule has 2 heteroatoms. The largest absolute Gasteiger partial charge is 0.329 e. The van der Waals surface area contributed by atoms with Gasteiger partial charge in [-0.25, -0.2) is 0 Å². The summed E-state index contributed by atoms with van der Waals surface area (Å²) in [6, 6.07) is 11.0. The third kappa shape index (κ3) is 2.63. The third-order valence-corrected chi connectivity index (χ3v) is 3.71. The van der Waals surface area contributed by atoms with Crippen LogP contribution in [0, 0.1) is 5.92 Å². The van der Waals surface area contributed by atoms with Crippen LogP contribution in [0.15, 0.2) is 30.3 Å². The third-order valence-electron chi connectivity index (χ3n) is 3.71. The predicted octanol–water partition coefficient (Wildman–Crippen LogP) is 2.42. The SMILES string of the molecule is CN(CC1CCC1)C(CN)c1ccccc1. The van der Waals surface area contributed by atoms with Gasteiger partial charge in [0, 0.05) is 19.1 Å². The first-order chi connectivity index (χ1) is 7.81. The summed E-state index contributed by atoms with van der Waals surface area (Å²) in [4.78, 5) is 2.42. The van der Waals surface area contributed by atoms with Crippen LogP contribution in [0.1, 0.15) is 30.9 Å². The Morgan fingerprint density at radius 1 is 1.31 bits per heavy atom. The van der Waals surface area contributed by atoms with Crippen LogP contribution < -0.4 is 5.73 Å². The molecule has 16 heavy (non-hydrogen) atoms. The first-order valence-corrected chi connectivity index (χ1v) is 6.26. The molecule has 2 N–H and O–H groups in total. The Morgan fingerprint density at radius 3 is 2.50 bits per heavy atom. The topological polar surface area (TPSA) is 29.3 Å². The monoisotopic (exact) mass is 218 g/mol. The van der Waals surface area contributed by atoms with Gasteiger partial charge in [0.15, 0.2) is 0 Å². The second-order valence-electron chi connectivity index (χ2n) is 4.90. The van der Waals surface area contributed by atoms with Crippen LogP contribution in [0.4, 0.5) is 0 Å². The number of hydrogen-bond donors (Lipinski definition) is 1. The van der Waals surface area contributed by atoms with Gasteiger partial charge in [0.2, 0.25) is 0 Å². The zero-order valence-corrected chi connectivity index (χ0v) is 10.1. The number of rotatable bonds is 5. The van der Waals surface area contributed by atoms with Crippen molar-refractivity contribution in [1.29, 1.82) is 0 Å². The summed E-state index contributed by atoms with van der Waals surface area (Å²) in [7, 11) is 2.20. The standard InChI is InChI=1S/C14H22N2/c1-16(11-12-6-5-7-12)14(10-15)13-8-3-2-4-9-13/h2-4,8-9,12,14H,5-7,10-11,15H2,1H3. The van der Waals surface area contributed by atoms with Crippen molar-refractivity contribution >= 4 is 0 Å². The molecular formula is C14H22N2. The first kappa shape index (κ1) is 11.6. The molecular weight excluding hydrogens is 196 g/mol. The summed E-state index contributed by atoms with van der Waals surface area (Å²) in [6.45, 7) is 1.89. The highest BCUT2D eigenvalue weighted by atomic mass is 15.1. The molecule has 0 spiro atoms. The number of nitrogens with two attached hydrogens (primary N) is 1. The van der Waals surface area contributed by atoms with Gasteiger partial charge in [-0.2, -0.15) is 0 Å². The van der Waals surface area contributed by atoms with E-state index in [2.05, 4.69) is 42.3 Å². The minimum absolute atomic E-state index is 0.377. The molecule has 0 aromatic heterocycles. The van der Waals surface area contributed by atoms with Crippen LogP contribution in [0.2, 0.25) is 0 Å². The van der Waals surface area contributed by atoms with Gasteiger partial charge in [-0.05, 0) is 31.4 Å². The van der Waals surface area contributed by atoms with Crippen LogP contribution in [0.25, 0.3) is 0 Å². The van der Waals surface area contributed by atoms with Crippen molar-refractivity contribution in [2.45, 2.75) is 25.3 Å². The number of hydrogen-bond acceptors (Lipinski definition) is 2. The van der Waals surface area contributed by atoms with E-state index >= 15 is 0 Å². The fourth-order valence-corrected chi connectivity index (χ4v) is 2.46. The highest BCUT2D eigenvalue weighted by molar-refractivity contribution is 5.19. The molecule has 1 unspecified atom stereocenters. The van der Waals surface area contributed by atoms with Gasteiger partial charge in [0.25, 0.3) is 0 Å². The van der Waals surface area contributed by atoms with Gasteiger partial charge in [-0.1, -0.05) is 36.8 Å². The summed E-state index contributed by atoms with van der Waals surface area (Å²) in [5.41, 5.74) is 7.24. The molecule has 1 aliphatic rings. The van der Waals surface area contributed by atoms with Crippen LogP contribution in [-0.2, 0) is 0 Å². The van der Waals surface area contributed by atoms with E-state index in [1.807, 2.05) is 0 Å². The van der Waals surface area contributed by atoms with E-state index in [0.717, 1.165) is 5.92 Å². The number of nitrogens with zero attached hydrogens (tertiary/aromatic N) is 1. The zero-order chi connectivity index (χ0) is 11.4. The summed E-state index contributed by atoms with van der Waals surface area (Å²) < 4.78 is 0. The van der Waals surface area contributed by atoms with Crippen molar-refractivity contribution in [3.8, 4) is 0 Å². The molecule has 0 aliphatic heterocycles. The van der Waals surface area contributed by atoms with E-state index in [9.17, 15) is 0 Å². The van der Waals surface area contributed by atoms with Gasteiger partial charge in [0.1, 0.15) is 0 Å². The maximum absolute atomic E-state index is 5.90.